The van der Waals surface area contributed by atoms with E-state index in [1.165, 1.54) is 37.0 Å². The number of amides is 1. The Hall–Kier alpha value is -2.57. The molecule has 2 aromatic rings. The maximum absolute atomic E-state index is 11.6. The van der Waals surface area contributed by atoms with Gasteiger partial charge in [0.25, 0.3) is 5.91 Å². The van der Waals surface area contributed by atoms with Crippen molar-refractivity contribution in [3.63, 3.8) is 0 Å². The molecule has 4 N–H and O–H groups in total. The largest absolute Gasteiger partial charge is 0.508 e. The minimum Gasteiger partial charge on any atom is -0.508 e. The topological polar surface area (TPSA) is 90.8 Å². The van der Waals surface area contributed by atoms with E-state index in [1.807, 2.05) is 6.07 Å². The van der Waals surface area contributed by atoms with Crippen LogP contribution in [0.15, 0.2) is 42.5 Å². The predicted molar refractivity (Wildman–Crippen MR) is 116 cm³/mol. The van der Waals surface area contributed by atoms with Crippen molar-refractivity contribution in [1.82, 2.24) is 5.32 Å². The fourth-order valence-corrected chi connectivity index (χ4v) is 4.66. The van der Waals surface area contributed by atoms with Gasteiger partial charge in [-0.05, 0) is 37.3 Å². The highest BCUT2D eigenvalue weighted by Gasteiger charge is 2.32. The summed E-state index contributed by atoms with van der Waals surface area (Å²) in [6, 6.07) is 13.5. The standard InChI is InChI=1S/C24H30N2O4/c27-18-13-19(23-20(14-18)26-22(29)16-30-23)21(28)15-25-24(10-5-2-6-11-24)12-9-17-7-3-1-4-8-17/h1,3-4,7-8,13-14,21,25,27-28H,2,5-6,9-12,15-16H2,(H,26,29). The Labute approximate surface area is 177 Å². The molecule has 0 spiro atoms. The molecule has 0 bridgehead atoms. The number of anilines is 1. The molecule has 1 unspecified atom stereocenters. The second-order valence-electron chi connectivity index (χ2n) is 8.47. The number of rotatable bonds is 7. The molecule has 0 radical (unpaired) electrons. The molecular formula is C24H30N2O4. The molecule has 0 aromatic heterocycles. The van der Waals surface area contributed by atoms with Crippen LogP contribution in [0.3, 0.4) is 0 Å². The summed E-state index contributed by atoms with van der Waals surface area (Å²) in [5.74, 6) is 0.155. The monoisotopic (exact) mass is 410 g/mol. The minimum atomic E-state index is -0.851. The van der Waals surface area contributed by atoms with E-state index in [0.29, 0.717) is 23.5 Å². The maximum atomic E-state index is 11.6. The molecule has 160 valence electrons. The van der Waals surface area contributed by atoms with Gasteiger partial charge in [0, 0.05) is 23.7 Å². The molecule has 1 saturated carbocycles. The molecule has 6 nitrogen and oxygen atoms in total. The third-order valence-corrected chi connectivity index (χ3v) is 6.30. The summed E-state index contributed by atoms with van der Waals surface area (Å²) in [6.07, 6.45) is 6.99. The van der Waals surface area contributed by atoms with Gasteiger partial charge in [0.2, 0.25) is 0 Å². The normalized spacial score (nSPS) is 18.8. The number of aliphatic hydroxyl groups excluding tert-OH is 1. The molecule has 1 aliphatic carbocycles. The molecule has 1 heterocycles. The Bertz CT molecular complexity index is 878. The van der Waals surface area contributed by atoms with E-state index < -0.39 is 6.10 Å². The highest BCUT2D eigenvalue weighted by atomic mass is 16.5. The number of carbonyl (C=O) groups excluding carboxylic acids is 1. The quantitative estimate of drug-likeness (QED) is 0.559. The SMILES string of the molecule is O=C1COc2c(cc(O)cc2C(O)CNC2(CCc3ccccc3)CCCCC2)N1. The lowest BCUT2D eigenvalue weighted by atomic mass is 9.77. The molecule has 30 heavy (non-hydrogen) atoms. The molecule has 0 saturated heterocycles. The summed E-state index contributed by atoms with van der Waals surface area (Å²) in [5.41, 5.74) is 2.22. The fourth-order valence-electron chi connectivity index (χ4n) is 4.66. The number of fused-ring (bicyclic) bond motifs is 1. The van der Waals surface area contributed by atoms with Crippen LogP contribution in [0.2, 0.25) is 0 Å². The molecule has 1 fully saturated rings. The number of phenols is 1. The number of hydrogen-bond acceptors (Lipinski definition) is 5. The first-order valence-electron chi connectivity index (χ1n) is 10.8. The Morgan fingerprint density at radius 3 is 2.67 bits per heavy atom. The van der Waals surface area contributed by atoms with Crippen LogP contribution in [0.5, 0.6) is 11.5 Å². The van der Waals surface area contributed by atoms with Gasteiger partial charge in [-0.25, -0.2) is 0 Å². The number of nitrogens with one attached hydrogen (secondary N) is 2. The Balaban J connectivity index is 1.46. The number of β-amino-alcohol motifs (C(OH)–C–C–N with tert-alkyl or cyclic N) is 1. The third kappa shape index (κ3) is 4.77. The second-order valence-corrected chi connectivity index (χ2v) is 8.47. The van der Waals surface area contributed by atoms with Crippen LogP contribution >= 0.6 is 0 Å². The zero-order chi connectivity index (χ0) is 21.0. The van der Waals surface area contributed by atoms with Gasteiger partial charge in [-0.1, -0.05) is 49.6 Å². The van der Waals surface area contributed by atoms with Crippen LogP contribution < -0.4 is 15.4 Å². The highest BCUT2D eigenvalue weighted by molar-refractivity contribution is 5.96. The van der Waals surface area contributed by atoms with E-state index in [1.54, 1.807) is 0 Å². The number of hydrogen-bond donors (Lipinski definition) is 4. The van der Waals surface area contributed by atoms with Crippen LogP contribution in [-0.2, 0) is 11.2 Å². The lowest BCUT2D eigenvalue weighted by Crippen LogP contribution is -2.48. The zero-order valence-corrected chi connectivity index (χ0v) is 17.2. The van der Waals surface area contributed by atoms with Gasteiger partial charge in [-0.15, -0.1) is 0 Å². The van der Waals surface area contributed by atoms with Crippen LogP contribution in [0.1, 0.15) is 55.8 Å². The van der Waals surface area contributed by atoms with Crippen molar-refractivity contribution >= 4 is 11.6 Å². The average Bonchev–Trinajstić information content (AvgIpc) is 2.77. The number of ether oxygens (including phenoxy) is 1. The molecule has 2 aromatic carbocycles. The summed E-state index contributed by atoms with van der Waals surface area (Å²) >= 11 is 0. The van der Waals surface area contributed by atoms with Crippen molar-refractivity contribution in [2.75, 3.05) is 18.5 Å². The summed E-state index contributed by atoms with van der Waals surface area (Å²) in [7, 11) is 0. The average molecular weight is 411 g/mol. The van der Waals surface area contributed by atoms with Gasteiger partial charge < -0.3 is 25.6 Å². The van der Waals surface area contributed by atoms with Crippen molar-refractivity contribution in [2.45, 2.75) is 56.6 Å². The number of carbonyl (C=O) groups is 1. The first-order valence-corrected chi connectivity index (χ1v) is 10.8. The van der Waals surface area contributed by atoms with Gasteiger partial charge >= 0.3 is 0 Å². The van der Waals surface area contributed by atoms with E-state index in [9.17, 15) is 15.0 Å². The van der Waals surface area contributed by atoms with Gasteiger partial charge in [0.1, 0.15) is 11.5 Å². The van der Waals surface area contributed by atoms with Crippen molar-refractivity contribution in [3.8, 4) is 11.5 Å². The summed E-state index contributed by atoms with van der Waals surface area (Å²) in [4.78, 5) is 11.6. The minimum absolute atomic E-state index is 0.00102. The number of benzene rings is 2. The number of aromatic hydroxyl groups is 1. The van der Waals surface area contributed by atoms with E-state index in [2.05, 4.69) is 34.9 Å². The third-order valence-electron chi connectivity index (χ3n) is 6.30. The van der Waals surface area contributed by atoms with Crippen LogP contribution in [0, 0.1) is 0 Å². The van der Waals surface area contributed by atoms with E-state index in [0.717, 1.165) is 25.7 Å². The number of aryl methyl sites for hydroxylation is 1. The van der Waals surface area contributed by atoms with Crippen LogP contribution in [0.4, 0.5) is 5.69 Å². The first-order chi connectivity index (χ1) is 14.5. The van der Waals surface area contributed by atoms with Gasteiger partial charge in [-0.3, -0.25) is 4.79 Å². The van der Waals surface area contributed by atoms with Crippen molar-refractivity contribution in [1.29, 1.82) is 0 Å². The van der Waals surface area contributed by atoms with E-state index in [-0.39, 0.29) is 23.8 Å². The second kappa shape index (κ2) is 9.06. The molecular weight excluding hydrogens is 380 g/mol. The molecule has 1 atom stereocenters. The lowest BCUT2D eigenvalue weighted by molar-refractivity contribution is -0.118. The van der Waals surface area contributed by atoms with Crippen molar-refractivity contribution in [3.05, 3.63) is 53.6 Å². The Kier molecular flexibility index (Phi) is 6.25. The number of phenolic OH excluding ortho intramolecular Hbond substituents is 1. The smallest absolute Gasteiger partial charge is 0.262 e. The van der Waals surface area contributed by atoms with Gasteiger partial charge in [0.15, 0.2) is 6.61 Å². The molecule has 2 aliphatic rings. The molecule has 1 amide bonds. The van der Waals surface area contributed by atoms with E-state index in [4.69, 9.17) is 4.74 Å². The van der Waals surface area contributed by atoms with Crippen molar-refractivity contribution < 1.29 is 19.7 Å². The summed E-state index contributed by atoms with van der Waals surface area (Å²) in [5, 5.41) is 27.3. The lowest BCUT2D eigenvalue weighted by Gasteiger charge is -2.39. The van der Waals surface area contributed by atoms with Crippen LogP contribution in [0.25, 0.3) is 0 Å². The zero-order valence-electron chi connectivity index (χ0n) is 17.2. The summed E-state index contributed by atoms with van der Waals surface area (Å²) in [6.45, 7) is 0.272. The molecule has 1 aliphatic heterocycles. The summed E-state index contributed by atoms with van der Waals surface area (Å²) < 4.78 is 5.55. The Morgan fingerprint density at radius 2 is 1.90 bits per heavy atom. The van der Waals surface area contributed by atoms with Gasteiger partial charge in [-0.2, -0.15) is 0 Å². The van der Waals surface area contributed by atoms with Gasteiger partial charge in [0.05, 0.1) is 11.8 Å². The maximum Gasteiger partial charge on any atom is 0.262 e. The Morgan fingerprint density at radius 1 is 1.13 bits per heavy atom. The number of aliphatic hydroxyl groups is 1. The first kappa shape index (κ1) is 20.7. The highest BCUT2D eigenvalue weighted by Crippen LogP contribution is 2.39. The van der Waals surface area contributed by atoms with Crippen molar-refractivity contribution in [2.24, 2.45) is 0 Å². The predicted octanol–water partition coefficient (Wildman–Crippen LogP) is 3.68. The van der Waals surface area contributed by atoms with Crippen LogP contribution in [-0.4, -0.2) is 34.8 Å². The fraction of sp³-hybridized carbons (Fsp3) is 0.458. The molecule has 4 rings (SSSR count). The van der Waals surface area contributed by atoms with E-state index >= 15 is 0 Å². The molecule has 6 heteroatoms.